The molecule has 1 rings (SSSR count). The summed E-state index contributed by atoms with van der Waals surface area (Å²) in [5, 5.41) is 2.80. The minimum Gasteiger partial charge on any atom is -0.349 e. The SMILES string of the molecule is CSCC(C)NC(=O)c1ccc(C#CCN)c(F)c1. The van der Waals surface area contributed by atoms with Crippen LogP contribution in [-0.4, -0.2) is 30.5 Å². The number of halogens is 1. The van der Waals surface area contributed by atoms with Crippen molar-refractivity contribution in [1.82, 2.24) is 5.32 Å². The van der Waals surface area contributed by atoms with Crippen molar-refractivity contribution >= 4 is 17.7 Å². The summed E-state index contributed by atoms with van der Waals surface area (Å²) in [6.07, 6.45) is 1.97. The van der Waals surface area contributed by atoms with E-state index in [4.69, 9.17) is 5.73 Å². The number of carbonyl (C=O) groups excluding carboxylic acids is 1. The Morgan fingerprint density at radius 2 is 2.32 bits per heavy atom. The first-order valence-electron chi connectivity index (χ1n) is 5.86. The van der Waals surface area contributed by atoms with Crippen molar-refractivity contribution < 1.29 is 9.18 Å². The van der Waals surface area contributed by atoms with E-state index in [9.17, 15) is 9.18 Å². The number of carbonyl (C=O) groups is 1. The molecule has 0 aliphatic carbocycles. The summed E-state index contributed by atoms with van der Waals surface area (Å²) in [5.74, 6) is 5.22. The Labute approximate surface area is 117 Å². The highest BCUT2D eigenvalue weighted by molar-refractivity contribution is 7.98. The topological polar surface area (TPSA) is 55.1 Å². The number of hydrogen-bond acceptors (Lipinski definition) is 3. The molecule has 1 atom stereocenters. The molecule has 0 bridgehead atoms. The average molecular weight is 280 g/mol. The lowest BCUT2D eigenvalue weighted by molar-refractivity contribution is 0.0943. The number of nitrogens with one attached hydrogen (secondary N) is 1. The summed E-state index contributed by atoms with van der Waals surface area (Å²) in [7, 11) is 0. The maximum Gasteiger partial charge on any atom is 0.251 e. The molecule has 5 heteroatoms. The number of benzene rings is 1. The average Bonchev–Trinajstić information content (AvgIpc) is 2.37. The molecule has 102 valence electrons. The smallest absolute Gasteiger partial charge is 0.251 e. The van der Waals surface area contributed by atoms with Gasteiger partial charge in [-0.1, -0.05) is 11.8 Å². The molecule has 0 aliphatic rings. The highest BCUT2D eigenvalue weighted by atomic mass is 32.2. The van der Waals surface area contributed by atoms with Crippen molar-refractivity contribution in [1.29, 1.82) is 0 Å². The van der Waals surface area contributed by atoms with E-state index in [0.29, 0.717) is 5.56 Å². The minimum atomic E-state index is -0.508. The quantitative estimate of drug-likeness (QED) is 0.824. The zero-order valence-corrected chi connectivity index (χ0v) is 11.8. The van der Waals surface area contributed by atoms with Crippen LogP contribution in [0.2, 0.25) is 0 Å². The maximum atomic E-state index is 13.7. The zero-order chi connectivity index (χ0) is 14.3. The van der Waals surface area contributed by atoms with Crippen LogP contribution in [0.5, 0.6) is 0 Å². The van der Waals surface area contributed by atoms with Crippen molar-refractivity contribution in [2.45, 2.75) is 13.0 Å². The van der Waals surface area contributed by atoms with Gasteiger partial charge in [0.05, 0.1) is 12.1 Å². The third-order valence-corrected chi connectivity index (χ3v) is 3.18. The van der Waals surface area contributed by atoms with Gasteiger partial charge in [-0.3, -0.25) is 4.79 Å². The van der Waals surface area contributed by atoms with Crippen molar-refractivity contribution in [2.75, 3.05) is 18.6 Å². The van der Waals surface area contributed by atoms with Gasteiger partial charge in [0.15, 0.2) is 0 Å². The standard InChI is InChI=1S/C14H17FN2OS/c1-10(9-19-2)17-14(18)12-6-5-11(4-3-7-16)13(15)8-12/h5-6,8,10H,7,9,16H2,1-2H3,(H,17,18). The molecule has 1 aromatic carbocycles. The number of nitrogens with two attached hydrogens (primary N) is 1. The Hall–Kier alpha value is -1.51. The molecule has 0 radical (unpaired) electrons. The predicted molar refractivity (Wildman–Crippen MR) is 77.6 cm³/mol. The molecule has 0 heterocycles. The Balaban J connectivity index is 2.80. The number of amides is 1. The van der Waals surface area contributed by atoms with Gasteiger partial charge >= 0.3 is 0 Å². The second-order valence-electron chi connectivity index (χ2n) is 4.03. The summed E-state index contributed by atoms with van der Waals surface area (Å²) >= 11 is 1.64. The van der Waals surface area contributed by atoms with Gasteiger partial charge in [-0.2, -0.15) is 11.8 Å². The van der Waals surface area contributed by atoms with Crippen LogP contribution in [0.25, 0.3) is 0 Å². The third kappa shape index (κ3) is 4.93. The lowest BCUT2D eigenvalue weighted by Crippen LogP contribution is -2.34. The summed E-state index contributed by atoms with van der Waals surface area (Å²) in [6, 6.07) is 4.29. The maximum absolute atomic E-state index is 13.7. The summed E-state index contributed by atoms with van der Waals surface area (Å²) in [6.45, 7) is 2.08. The summed E-state index contributed by atoms with van der Waals surface area (Å²) < 4.78 is 13.7. The van der Waals surface area contributed by atoms with E-state index >= 15 is 0 Å². The molecule has 0 saturated heterocycles. The lowest BCUT2D eigenvalue weighted by atomic mass is 10.1. The molecule has 0 saturated carbocycles. The molecule has 1 amide bonds. The summed E-state index contributed by atoms with van der Waals surface area (Å²) in [5.41, 5.74) is 5.77. The molecule has 1 aromatic rings. The molecule has 19 heavy (non-hydrogen) atoms. The molecule has 0 fully saturated rings. The van der Waals surface area contributed by atoms with Gasteiger partial charge in [-0.15, -0.1) is 0 Å². The van der Waals surface area contributed by atoms with E-state index in [2.05, 4.69) is 17.2 Å². The first-order chi connectivity index (χ1) is 9.08. The first kappa shape index (κ1) is 15.5. The van der Waals surface area contributed by atoms with Crippen molar-refractivity contribution in [2.24, 2.45) is 5.73 Å². The molecular formula is C14H17FN2OS. The number of rotatable bonds is 4. The molecule has 0 spiro atoms. The second-order valence-corrected chi connectivity index (χ2v) is 4.94. The van der Waals surface area contributed by atoms with Gasteiger partial charge in [0.2, 0.25) is 0 Å². The molecule has 3 N–H and O–H groups in total. The van der Waals surface area contributed by atoms with Gasteiger partial charge in [-0.25, -0.2) is 4.39 Å². The minimum absolute atomic E-state index is 0.0438. The van der Waals surface area contributed by atoms with E-state index in [1.54, 1.807) is 17.8 Å². The fraction of sp³-hybridized carbons (Fsp3) is 0.357. The number of thioether (sulfide) groups is 1. The molecular weight excluding hydrogens is 263 g/mol. The Morgan fingerprint density at radius 3 is 2.89 bits per heavy atom. The van der Waals surface area contributed by atoms with Crippen molar-refractivity contribution in [3.63, 3.8) is 0 Å². The normalized spacial score (nSPS) is 11.4. The highest BCUT2D eigenvalue weighted by Gasteiger charge is 2.11. The van der Waals surface area contributed by atoms with E-state index in [0.717, 1.165) is 5.75 Å². The zero-order valence-electron chi connectivity index (χ0n) is 11.0. The first-order valence-corrected chi connectivity index (χ1v) is 7.26. The Kier molecular flexibility index (Phi) is 6.40. The highest BCUT2D eigenvalue weighted by Crippen LogP contribution is 2.10. The van der Waals surface area contributed by atoms with Crippen LogP contribution in [0.1, 0.15) is 22.8 Å². The third-order valence-electron chi connectivity index (χ3n) is 2.35. The largest absolute Gasteiger partial charge is 0.349 e. The van der Waals surface area contributed by atoms with E-state index in [1.165, 1.54) is 12.1 Å². The monoisotopic (exact) mass is 280 g/mol. The van der Waals surface area contributed by atoms with Crippen molar-refractivity contribution in [3.8, 4) is 11.8 Å². The van der Waals surface area contributed by atoms with Crippen LogP contribution in [0.15, 0.2) is 18.2 Å². The van der Waals surface area contributed by atoms with Crippen LogP contribution in [-0.2, 0) is 0 Å². The van der Waals surface area contributed by atoms with E-state index < -0.39 is 5.82 Å². The Morgan fingerprint density at radius 1 is 1.58 bits per heavy atom. The van der Waals surface area contributed by atoms with Gasteiger partial charge < -0.3 is 11.1 Å². The lowest BCUT2D eigenvalue weighted by Gasteiger charge is -2.12. The van der Waals surface area contributed by atoms with Gasteiger partial charge in [-0.05, 0) is 31.4 Å². The van der Waals surface area contributed by atoms with Crippen LogP contribution < -0.4 is 11.1 Å². The van der Waals surface area contributed by atoms with Gasteiger partial charge in [0.25, 0.3) is 5.91 Å². The van der Waals surface area contributed by atoms with Crippen molar-refractivity contribution in [3.05, 3.63) is 35.1 Å². The molecule has 0 aliphatic heterocycles. The summed E-state index contributed by atoms with van der Waals surface area (Å²) in [4.78, 5) is 11.9. The van der Waals surface area contributed by atoms with Crippen LogP contribution >= 0.6 is 11.8 Å². The van der Waals surface area contributed by atoms with Gasteiger partial charge in [0, 0.05) is 17.4 Å². The second kappa shape index (κ2) is 7.82. The van der Waals surface area contributed by atoms with Gasteiger partial charge in [0.1, 0.15) is 5.82 Å². The molecule has 0 aromatic heterocycles. The van der Waals surface area contributed by atoms with Crippen LogP contribution in [0.3, 0.4) is 0 Å². The fourth-order valence-electron chi connectivity index (χ4n) is 1.50. The number of hydrogen-bond donors (Lipinski definition) is 2. The Bertz CT molecular complexity index is 508. The fourth-order valence-corrected chi connectivity index (χ4v) is 2.09. The van der Waals surface area contributed by atoms with E-state index in [-0.39, 0.29) is 24.1 Å². The van der Waals surface area contributed by atoms with Crippen LogP contribution in [0, 0.1) is 17.7 Å². The predicted octanol–water partition coefficient (Wildman–Crippen LogP) is 1.62. The molecule has 1 unspecified atom stereocenters. The molecule has 3 nitrogen and oxygen atoms in total. The van der Waals surface area contributed by atoms with E-state index in [1.807, 2.05) is 13.2 Å². The van der Waals surface area contributed by atoms with Crippen LogP contribution in [0.4, 0.5) is 4.39 Å².